The van der Waals surface area contributed by atoms with Gasteiger partial charge in [-0.3, -0.25) is 0 Å². The van der Waals surface area contributed by atoms with Crippen LogP contribution in [0, 0.1) is 0 Å². The number of furan rings is 2. The molecule has 10 heteroatoms. The maximum absolute atomic E-state index is 6.70. The number of rotatable bonds is 5. The summed E-state index contributed by atoms with van der Waals surface area (Å²) in [5.74, 6) is 1.43. The van der Waals surface area contributed by atoms with E-state index >= 15 is 0 Å². The Balaban J connectivity index is 1.18. The Labute approximate surface area is 322 Å². The van der Waals surface area contributed by atoms with Gasteiger partial charge in [-0.2, -0.15) is 0 Å². The standard InChI is InChI=1S/C45H22B5N3O2/c46-36-34(37(47)39(49)40(50)38(36)48)24-12-6-13-25(22-24)44-51-43(23-10-2-1-3-11-23)52-45(53-44)31-19-9-21-33-35(31)30-18-8-17-29(42(30)55-33)28-16-7-15-27-26-14-4-5-20-32(26)54-41(27)28/h1-22H. The van der Waals surface area contributed by atoms with Crippen molar-refractivity contribution in [3.63, 3.8) is 0 Å². The molecular weight excluding hydrogens is 669 g/mol. The number of hydrogen-bond donors (Lipinski definition) is 0. The van der Waals surface area contributed by atoms with E-state index in [4.69, 9.17) is 63.0 Å². The van der Waals surface area contributed by atoms with E-state index < -0.39 is 0 Å². The van der Waals surface area contributed by atoms with Crippen molar-refractivity contribution >= 4 is 110 Å². The van der Waals surface area contributed by atoms with E-state index in [0.717, 1.165) is 60.5 Å². The van der Waals surface area contributed by atoms with Crippen molar-refractivity contribution in [3.05, 3.63) is 133 Å². The van der Waals surface area contributed by atoms with Crippen LogP contribution in [0.5, 0.6) is 0 Å². The van der Waals surface area contributed by atoms with E-state index in [1.165, 1.54) is 0 Å². The van der Waals surface area contributed by atoms with Crippen LogP contribution in [0.4, 0.5) is 0 Å². The third-order valence-corrected chi connectivity index (χ3v) is 10.2. The number of fused-ring (bicyclic) bond motifs is 6. The molecular formula is C45H22B5N3O2. The molecule has 0 aliphatic carbocycles. The van der Waals surface area contributed by atoms with Gasteiger partial charge in [0, 0.05) is 49.4 Å². The first-order valence-corrected chi connectivity index (χ1v) is 17.6. The zero-order chi connectivity index (χ0) is 37.4. The average molecular weight is 691 g/mol. The van der Waals surface area contributed by atoms with Gasteiger partial charge in [-0.15, -0.1) is 16.4 Å². The number of para-hydroxylation sites is 3. The highest BCUT2D eigenvalue weighted by Gasteiger charge is 2.22. The molecule has 0 N–H and O–H groups in total. The molecule has 0 saturated carbocycles. The SMILES string of the molecule is [B]c1c([B])c([B])c(-c2cccc(-c3nc(-c4ccccc4)nc(-c4cccc5oc6c(-c7cccc8c7oc7ccccc78)cccc6c45)n3)c2)c([B])c1[B]. The van der Waals surface area contributed by atoms with Crippen LogP contribution < -0.4 is 27.3 Å². The fraction of sp³-hybridized carbons (Fsp3) is 0. The van der Waals surface area contributed by atoms with Crippen molar-refractivity contribution in [1.82, 2.24) is 15.0 Å². The third-order valence-electron chi connectivity index (χ3n) is 10.2. The Morgan fingerprint density at radius 1 is 0.364 bits per heavy atom. The zero-order valence-electron chi connectivity index (χ0n) is 29.2. The molecule has 55 heavy (non-hydrogen) atoms. The Bertz CT molecular complexity index is 3150. The van der Waals surface area contributed by atoms with E-state index in [0.29, 0.717) is 39.7 Å². The number of aromatic nitrogens is 3. The van der Waals surface area contributed by atoms with Crippen LogP contribution in [0.15, 0.2) is 142 Å². The largest absolute Gasteiger partial charge is 0.455 e. The van der Waals surface area contributed by atoms with Crippen LogP contribution >= 0.6 is 0 Å². The van der Waals surface area contributed by atoms with Crippen molar-refractivity contribution in [2.75, 3.05) is 0 Å². The molecule has 10 aromatic rings. The first-order chi connectivity index (χ1) is 26.9. The lowest BCUT2D eigenvalue weighted by Crippen LogP contribution is -2.55. The molecule has 0 fully saturated rings. The van der Waals surface area contributed by atoms with E-state index in [2.05, 4.69) is 36.4 Å². The van der Waals surface area contributed by atoms with Gasteiger partial charge < -0.3 is 8.83 Å². The summed E-state index contributed by atoms with van der Waals surface area (Å²) in [4.78, 5) is 15.1. The van der Waals surface area contributed by atoms with Gasteiger partial charge in [0.15, 0.2) is 17.5 Å². The summed E-state index contributed by atoms with van der Waals surface area (Å²) in [6, 6.07) is 43.8. The number of hydrogen-bond acceptors (Lipinski definition) is 5. The second-order valence-electron chi connectivity index (χ2n) is 13.4. The second kappa shape index (κ2) is 12.8. The highest BCUT2D eigenvalue weighted by Crippen LogP contribution is 2.43. The molecule has 10 radical (unpaired) electrons. The third kappa shape index (κ3) is 5.27. The topological polar surface area (TPSA) is 65.0 Å². The number of nitrogens with zero attached hydrogens (tertiary/aromatic N) is 3. The van der Waals surface area contributed by atoms with Crippen LogP contribution in [0.3, 0.4) is 0 Å². The Hall–Kier alpha value is -6.53. The van der Waals surface area contributed by atoms with Gasteiger partial charge in [0.25, 0.3) is 0 Å². The number of benzene rings is 7. The highest BCUT2D eigenvalue weighted by molar-refractivity contribution is 6.68. The van der Waals surface area contributed by atoms with Crippen molar-refractivity contribution in [1.29, 1.82) is 0 Å². The van der Waals surface area contributed by atoms with Gasteiger partial charge >= 0.3 is 0 Å². The fourth-order valence-electron chi connectivity index (χ4n) is 7.52. The van der Waals surface area contributed by atoms with Gasteiger partial charge in [0.2, 0.25) is 0 Å². The van der Waals surface area contributed by atoms with Crippen molar-refractivity contribution in [3.8, 4) is 56.4 Å². The van der Waals surface area contributed by atoms with Gasteiger partial charge in [-0.05, 0) is 29.3 Å². The second-order valence-corrected chi connectivity index (χ2v) is 13.4. The normalized spacial score (nSPS) is 11.6. The first-order valence-electron chi connectivity index (χ1n) is 17.6. The van der Waals surface area contributed by atoms with Gasteiger partial charge in [-0.25, -0.2) is 15.0 Å². The van der Waals surface area contributed by atoms with Gasteiger partial charge in [-0.1, -0.05) is 126 Å². The lowest BCUT2D eigenvalue weighted by molar-refractivity contribution is 0.665. The monoisotopic (exact) mass is 691 g/mol. The van der Waals surface area contributed by atoms with Crippen molar-refractivity contribution in [2.45, 2.75) is 0 Å². The minimum Gasteiger partial charge on any atom is -0.455 e. The minimum atomic E-state index is 0.157. The van der Waals surface area contributed by atoms with Gasteiger partial charge in [0.1, 0.15) is 61.6 Å². The Morgan fingerprint density at radius 2 is 0.855 bits per heavy atom. The lowest BCUT2D eigenvalue weighted by atomic mass is 9.59. The van der Waals surface area contributed by atoms with E-state index in [1.54, 1.807) is 0 Å². The van der Waals surface area contributed by atoms with Crippen molar-refractivity contribution < 1.29 is 8.83 Å². The summed E-state index contributed by atoms with van der Waals surface area (Å²) in [6.07, 6.45) is 0. The molecule has 10 rings (SSSR count). The van der Waals surface area contributed by atoms with E-state index in [9.17, 15) is 0 Å². The van der Waals surface area contributed by atoms with Crippen molar-refractivity contribution in [2.24, 2.45) is 0 Å². The summed E-state index contributed by atoms with van der Waals surface area (Å²) in [6.45, 7) is 0. The van der Waals surface area contributed by atoms with Crippen LogP contribution in [-0.4, -0.2) is 54.2 Å². The van der Waals surface area contributed by atoms with Crippen LogP contribution in [0.1, 0.15) is 0 Å². The molecule has 244 valence electrons. The lowest BCUT2D eigenvalue weighted by Gasteiger charge is -2.21. The first kappa shape index (κ1) is 33.1. The molecule has 0 unspecified atom stereocenters. The zero-order valence-corrected chi connectivity index (χ0v) is 29.2. The maximum atomic E-state index is 6.70. The highest BCUT2D eigenvalue weighted by atomic mass is 16.3. The molecule has 0 amide bonds. The Morgan fingerprint density at radius 3 is 1.62 bits per heavy atom. The average Bonchev–Trinajstić information content (AvgIpc) is 3.81. The molecule has 0 saturated heterocycles. The van der Waals surface area contributed by atoms with Gasteiger partial charge in [0.05, 0.1) is 0 Å². The van der Waals surface area contributed by atoms with Crippen LogP contribution in [0.2, 0.25) is 0 Å². The predicted octanol–water partition coefficient (Wildman–Crippen LogP) is 5.97. The molecule has 5 nitrogen and oxygen atoms in total. The van der Waals surface area contributed by atoms with Crippen LogP contribution in [0.25, 0.3) is 100 Å². The molecule has 0 bridgehead atoms. The molecule has 0 atom stereocenters. The summed E-state index contributed by atoms with van der Waals surface area (Å²) in [5, 5.41) is 3.92. The van der Waals surface area contributed by atoms with E-state index in [1.807, 2.05) is 97.1 Å². The summed E-state index contributed by atoms with van der Waals surface area (Å²) >= 11 is 0. The quantitative estimate of drug-likeness (QED) is 0.208. The summed E-state index contributed by atoms with van der Waals surface area (Å²) < 4.78 is 13.1. The molecule has 3 aromatic heterocycles. The molecule has 3 heterocycles. The van der Waals surface area contributed by atoms with E-state index in [-0.39, 0.29) is 27.3 Å². The van der Waals surface area contributed by atoms with Crippen LogP contribution in [-0.2, 0) is 0 Å². The summed E-state index contributed by atoms with van der Waals surface area (Å²) in [7, 11) is 31.5. The minimum absolute atomic E-state index is 0.157. The molecule has 0 aliphatic rings. The maximum Gasteiger partial charge on any atom is 0.164 e. The molecule has 0 spiro atoms. The molecule has 7 aromatic carbocycles. The smallest absolute Gasteiger partial charge is 0.164 e. The predicted molar refractivity (Wildman–Crippen MR) is 229 cm³/mol. The Kier molecular flexibility index (Phi) is 7.70. The summed E-state index contributed by atoms with van der Waals surface area (Å²) in [5.41, 5.74) is 9.46. The molecule has 0 aliphatic heterocycles. The fourth-order valence-corrected chi connectivity index (χ4v) is 7.52.